The average Bonchev–Trinajstić information content (AvgIpc) is 2.84. The van der Waals surface area contributed by atoms with E-state index in [4.69, 9.17) is 0 Å². The van der Waals surface area contributed by atoms with Crippen molar-refractivity contribution in [2.75, 3.05) is 0 Å². The molecule has 0 bridgehead atoms. The molecule has 0 aliphatic carbocycles. The number of aryl methyl sites for hydroxylation is 1. The molecule has 2 rings (SSSR count). The Labute approximate surface area is 101 Å². The second-order valence-corrected chi connectivity index (χ2v) is 3.92. The molecule has 0 fully saturated rings. The lowest BCUT2D eigenvalue weighted by Gasteiger charge is -2.13. The number of aromatic nitrogens is 4. The average molecular weight is 231 g/mol. The van der Waals surface area contributed by atoms with Crippen LogP contribution in [0.2, 0.25) is 0 Å². The molecule has 2 heterocycles. The lowest BCUT2D eigenvalue weighted by atomic mass is 10.1. The van der Waals surface area contributed by atoms with Crippen molar-refractivity contribution in [1.29, 1.82) is 0 Å². The number of nitrogens with one attached hydrogen (secondary N) is 1. The number of rotatable bonds is 5. The Kier molecular flexibility index (Phi) is 3.82. The van der Waals surface area contributed by atoms with Crippen molar-refractivity contribution < 1.29 is 0 Å². The van der Waals surface area contributed by atoms with Crippen LogP contribution in [0.25, 0.3) is 0 Å². The van der Waals surface area contributed by atoms with E-state index >= 15 is 0 Å². The zero-order valence-electron chi connectivity index (χ0n) is 10.2. The van der Waals surface area contributed by atoms with Gasteiger partial charge in [-0.25, -0.2) is 0 Å². The fraction of sp³-hybridized carbons (Fsp3) is 0.417. The first kappa shape index (κ1) is 11.7. The van der Waals surface area contributed by atoms with Crippen LogP contribution in [0.5, 0.6) is 0 Å². The van der Waals surface area contributed by atoms with Crippen molar-refractivity contribution in [2.24, 2.45) is 0 Å². The zero-order valence-corrected chi connectivity index (χ0v) is 10.2. The second kappa shape index (κ2) is 5.54. The smallest absolute Gasteiger partial charge is 0.146 e. The lowest BCUT2D eigenvalue weighted by molar-refractivity contribution is 0.538. The SMILES string of the molecule is CCn1cnnc1CNC(C)c1cccnc1. The van der Waals surface area contributed by atoms with Crippen LogP contribution in [-0.2, 0) is 13.1 Å². The highest BCUT2D eigenvalue weighted by atomic mass is 15.3. The van der Waals surface area contributed by atoms with Gasteiger partial charge in [0, 0.05) is 25.0 Å². The molecule has 1 atom stereocenters. The Morgan fingerprint density at radius 2 is 2.35 bits per heavy atom. The minimum Gasteiger partial charge on any atom is -0.317 e. The van der Waals surface area contributed by atoms with Gasteiger partial charge in [-0.2, -0.15) is 0 Å². The van der Waals surface area contributed by atoms with Gasteiger partial charge in [0.25, 0.3) is 0 Å². The molecule has 90 valence electrons. The molecule has 0 spiro atoms. The van der Waals surface area contributed by atoms with Crippen LogP contribution in [0.4, 0.5) is 0 Å². The predicted molar refractivity (Wildman–Crippen MR) is 65.2 cm³/mol. The molecule has 2 aromatic rings. The van der Waals surface area contributed by atoms with Crippen molar-refractivity contribution in [2.45, 2.75) is 33.0 Å². The monoisotopic (exact) mass is 231 g/mol. The largest absolute Gasteiger partial charge is 0.317 e. The second-order valence-electron chi connectivity index (χ2n) is 3.92. The van der Waals surface area contributed by atoms with Gasteiger partial charge in [-0.15, -0.1) is 10.2 Å². The van der Waals surface area contributed by atoms with Crippen LogP contribution in [-0.4, -0.2) is 19.7 Å². The highest BCUT2D eigenvalue weighted by molar-refractivity contribution is 5.12. The lowest BCUT2D eigenvalue weighted by Crippen LogP contribution is -2.20. The van der Waals surface area contributed by atoms with E-state index in [9.17, 15) is 0 Å². The molecule has 0 aromatic carbocycles. The molecule has 5 nitrogen and oxygen atoms in total. The molecule has 0 amide bonds. The van der Waals surface area contributed by atoms with Crippen LogP contribution in [0.15, 0.2) is 30.9 Å². The third-order valence-corrected chi connectivity index (χ3v) is 2.79. The molecule has 5 heteroatoms. The molecule has 0 saturated carbocycles. The van der Waals surface area contributed by atoms with Crippen LogP contribution in [0.3, 0.4) is 0 Å². The van der Waals surface area contributed by atoms with Gasteiger partial charge in [-0.3, -0.25) is 4.98 Å². The Morgan fingerprint density at radius 3 is 3.06 bits per heavy atom. The van der Waals surface area contributed by atoms with Gasteiger partial charge in [-0.05, 0) is 25.5 Å². The van der Waals surface area contributed by atoms with Gasteiger partial charge < -0.3 is 9.88 Å². The van der Waals surface area contributed by atoms with E-state index in [0.717, 1.165) is 12.4 Å². The van der Waals surface area contributed by atoms with Crippen molar-refractivity contribution >= 4 is 0 Å². The van der Waals surface area contributed by atoms with E-state index in [1.54, 1.807) is 12.5 Å². The maximum atomic E-state index is 4.11. The first-order valence-corrected chi connectivity index (χ1v) is 5.81. The fourth-order valence-electron chi connectivity index (χ4n) is 1.67. The summed E-state index contributed by atoms with van der Waals surface area (Å²) in [5.74, 6) is 0.961. The number of hydrogen-bond acceptors (Lipinski definition) is 4. The molecule has 2 aromatic heterocycles. The third kappa shape index (κ3) is 2.88. The molecular weight excluding hydrogens is 214 g/mol. The first-order valence-electron chi connectivity index (χ1n) is 5.81. The normalized spacial score (nSPS) is 12.6. The van der Waals surface area contributed by atoms with E-state index in [0.29, 0.717) is 6.54 Å². The summed E-state index contributed by atoms with van der Waals surface area (Å²) >= 11 is 0. The summed E-state index contributed by atoms with van der Waals surface area (Å²) < 4.78 is 2.03. The Bertz CT molecular complexity index is 451. The van der Waals surface area contributed by atoms with Crippen molar-refractivity contribution in [3.05, 3.63) is 42.2 Å². The van der Waals surface area contributed by atoms with Crippen molar-refractivity contribution in [3.8, 4) is 0 Å². The van der Waals surface area contributed by atoms with Gasteiger partial charge in [0.05, 0.1) is 6.54 Å². The van der Waals surface area contributed by atoms with Crippen molar-refractivity contribution in [3.63, 3.8) is 0 Å². The zero-order chi connectivity index (χ0) is 12.1. The maximum Gasteiger partial charge on any atom is 0.146 e. The van der Waals surface area contributed by atoms with Gasteiger partial charge in [0.15, 0.2) is 0 Å². The van der Waals surface area contributed by atoms with E-state index < -0.39 is 0 Å². The number of pyridine rings is 1. The minimum absolute atomic E-state index is 0.255. The summed E-state index contributed by atoms with van der Waals surface area (Å²) in [5.41, 5.74) is 1.18. The predicted octanol–water partition coefficient (Wildman–Crippen LogP) is 1.54. The molecule has 1 N–H and O–H groups in total. The molecule has 0 aliphatic heterocycles. The van der Waals surface area contributed by atoms with Crippen LogP contribution in [0, 0.1) is 0 Å². The highest BCUT2D eigenvalue weighted by Gasteiger charge is 2.07. The Hall–Kier alpha value is -1.75. The molecule has 0 radical (unpaired) electrons. The summed E-state index contributed by atoms with van der Waals surface area (Å²) in [7, 11) is 0. The molecule has 0 saturated heterocycles. The van der Waals surface area contributed by atoms with Gasteiger partial charge in [0.1, 0.15) is 12.2 Å². The Balaban J connectivity index is 1.95. The van der Waals surface area contributed by atoms with E-state index in [1.807, 2.05) is 16.8 Å². The van der Waals surface area contributed by atoms with E-state index in [1.165, 1.54) is 5.56 Å². The first-order chi connectivity index (χ1) is 8.31. The van der Waals surface area contributed by atoms with Crippen LogP contribution >= 0.6 is 0 Å². The van der Waals surface area contributed by atoms with Crippen molar-refractivity contribution in [1.82, 2.24) is 25.1 Å². The number of nitrogens with zero attached hydrogens (tertiary/aromatic N) is 4. The summed E-state index contributed by atoms with van der Waals surface area (Å²) in [5, 5.41) is 11.4. The number of hydrogen-bond donors (Lipinski definition) is 1. The maximum absolute atomic E-state index is 4.11. The molecule has 17 heavy (non-hydrogen) atoms. The van der Waals surface area contributed by atoms with E-state index in [2.05, 4.69) is 40.4 Å². The van der Waals surface area contributed by atoms with Crippen LogP contribution < -0.4 is 5.32 Å². The standard InChI is InChI=1S/C12H17N5/c1-3-17-9-15-16-12(17)8-14-10(2)11-5-4-6-13-7-11/h4-7,9-10,14H,3,8H2,1-2H3. The minimum atomic E-state index is 0.255. The van der Waals surface area contributed by atoms with Gasteiger partial charge in [0.2, 0.25) is 0 Å². The topological polar surface area (TPSA) is 55.6 Å². The van der Waals surface area contributed by atoms with Gasteiger partial charge >= 0.3 is 0 Å². The van der Waals surface area contributed by atoms with E-state index in [-0.39, 0.29) is 6.04 Å². The highest BCUT2D eigenvalue weighted by Crippen LogP contribution is 2.10. The Morgan fingerprint density at radius 1 is 1.47 bits per heavy atom. The molecule has 1 unspecified atom stereocenters. The summed E-state index contributed by atoms with van der Waals surface area (Å²) in [6.07, 6.45) is 5.41. The third-order valence-electron chi connectivity index (χ3n) is 2.79. The van der Waals surface area contributed by atoms with Crippen LogP contribution in [0.1, 0.15) is 31.3 Å². The summed E-state index contributed by atoms with van der Waals surface area (Å²) in [4.78, 5) is 4.11. The van der Waals surface area contributed by atoms with Gasteiger partial charge in [-0.1, -0.05) is 6.07 Å². The molecule has 0 aliphatic rings. The molecular formula is C12H17N5. The summed E-state index contributed by atoms with van der Waals surface area (Å²) in [6, 6.07) is 4.27. The fourth-order valence-corrected chi connectivity index (χ4v) is 1.67. The quantitative estimate of drug-likeness (QED) is 0.848. The summed E-state index contributed by atoms with van der Waals surface area (Å²) in [6.45, 7) is 5.80.